The number of aliphatic carboxylic acids is 1. The fraction of sp³-hybridized carbons (Fsp3) is 0.652. The van der Waals surface area contributed by atoms with Gasteiger partial charge in [0.15, 0.2) is 0 Å². The van der Waals surface area contributed by atoms with Crippen LogP contribution < -0.4 is 16.2 Å². The van der Waals surface area contributed by atoms with Gasteiger partial charge in [0.2, 0.25) is 5.91 Å². The Bertz CT molecular complexity index is 843. The Hall–Kier alpha value is -1.87. The van der Waals surface area contributed by atoms with Gasteiger partial charge in [-0.3, -0.25) is 9.59 Å². The van der Waals surface area contributed by atoms with Crippen molar-refractivity contribution in [3.63, 3.8) is 0 Å². The van der Waals surface area contributed by atoms with Crippen molar-refractivity contribution in [2.75, 3.05) is 0 Å². The average Bonchev–Trinajstić information content (AvgIpc) is 3.04. The van der Waals surface area contributed by atoms with E-state index < -0.39 is 42.6 Å². The molecule has 1 aromatic carbocycles. The molecular formula is C23H35B2NO7. The molecule has 180 valence electrons. The molecule has 2 heterocycles. The Labute approximate surface area is 197 Å². The van der Waals surface area contributed by atoms with Crippen LogP contribution in [0.25, 0.3) is 0 Å². The number of hydrogen-bond donors (Lipinski definition) is 2. The van der Waals surface area contributed by atoms with Gasteiger partial charge >= 0.3 is 20.2 Å². The van der Waals surface area contributed by atoms with E-state index in [1.54, 1.807) is 0 Å². The molecule has 10 heteroatoms. The maximum Gasteiger partial charge on any atom is 0.494 e. The predicted octanol–water partition coefficient (Wildman–Crippen LogP) is 1.77. The summed E-state index contributed by atoms with van der Waals surface area (Å²) in [4.78, 5) is 22.8. The third kappa shape index (κ3) is 5.45. The van der Waals surface area contributed by atoms with E-state index in [-0.39, 0.29) is 25.3 Å². The van der Waals surface area contributed by atoms with Gasteiger partial charge in [-0.25, -0.2) is 0 Å². The number of carbonyl (C=O) groups excluding carboxylic acids is 1. The molecule has 2 fully saturated rings. The van der Waals surface area contributed by atoms with Crippen LogP contribution in [0, 0.1) is 0 Å². The summed E-state index contributed by atoms with van der Waals surface area (Å²) in [7, 11) is -1.17. The van der Waals surface area contributed by atoms with Crippen LogP contribution in [0.1, 0.15) is 73.8 Å². The van der Waals surface area contributed by atoms with E-state index in [0.29, 0.717) is 0 Å². The van der Waals surface area contributed by atoms with Crippen LogP contribution in [0.15, 0.2) is 18.2 Å². The maximum atomic E-state index is 12.1. The van der Waals surface area contributed by atoms with E-state index in [9.17, 15) is 9.59 Å². The van der Waals surface area contributed by atoms with Crippen LogP contribution in [0.4, 0.5) is 0 Å². The molecule has 0 bridgehead atoms. The second-order valence-corrected chi connectivity index (χ2v) is 10.9. The summed E-state index contributed by atoms with van der Waals surface area (Å²) in [6, 6.07) is 5.81. The number of carboxylic acids is 1. The number of rotatable bonds is 7. The van der Waals surface area contributed by atoms with Gasteiger partial charge in [-0.1, -0.05) is 18.2 Å². The molecule has 0 saturated carbocycles. The molecule has 2 N–H and O–H groups in total. The van der Waals surface area contributed by atoms with E-state index in [1.807, 2.05) is 73.6 Å². The summed E-state index contributed by atoms with van der Waals surface area (Å²) in [6.07, 6.45) is -0.282. The molecule has 3 rings (SSSR count). The second kappa shape index (κ2) is 8.73. The fourth-order valence-corrected chi connectivity index (χ4v) is 3.59. The SMILES string of the molecule is CC1(C)OB(c2cc(CNC(=O)CCC(=O)O)cc(B3OC(C)(C)C(C)(C)O3)c2)OC1(C)C. The van der Waals surface area contributed by atoms with Gasteiger partial charge in [-0.05, 0) is 71.9 Å². The first-order chi connectivity index (χ1) is 15.0. The summed E-state index contributed by atoms with van der Waals surface area (Å²) in [5.74, 6) is -1.33. The number of nitrogens with one attached hydrogen (secondary N) is 1. The Morgan fingerprint density at radius 3 is 1.52 bits per heavy atom. The van der Waals surface area contributed by atoms with Crippen LogP contribution in [0.5, 0.6) is 0 Å². The van der Waals surface area contributed by atoms with Gasteiger partial charge in [0.1, 0.15) is 0 Å². The Balaban J connectivity index is 1.88. The normalized spacial score (nSPS) is 22.4. The molecule has 0 unspecified atom stereocenters. The van der Waals surface area contributed by atoms with Gasteiger partial charge in [-0.15, -0.1) is 0 Å². The zero-order valence-electron chi connectivity index (χ0n) is 20.9. The summed E-state index contributed by atoms with van der Waals surface area (Å²) < 4.78 is 25.0. The van der Waals surface area contributed by atoms with E-state index in [4.69, 9.17) is 23.7 Å². The molecular weight excluding hydrogens is 424 g/mol. The zero-order chi connectivity index (χ0) is 24.8. The Morgan fingerprint density at radius 2 is 1.15 bits per heavy atom. The lowest BCUT2D eigenvalue weighted by molar-refractivity contribution is -0.138. The van der Waals surface area contributed by atoms with Gasteiger partial charge in [0.05, 0.1) is 28.8 Å². The average molecular weight is 459 g/mol. The van der Waals surface area contributed by atoms with Crippen molar-refractivity contribution in [1.29, 1.82) is 0 Å². The molecule has 2 aliphatic rings. The smallest absolute Gasteiger partial charge is 0.481 e. The third-order valence-corrected chi connectivity index (χ3v) is 7.14. The molecule has 1 aromatic rings. The minimum atomic E-state index is -1.00. The lowest BCUT2D eigenvalue weighted by Crippen LogP contribution is -2.42. The number of benzene rings is 1. The maximum absolute atomic E-state index is 12.1. The second-order valence-electron chi connectivity index (χ2n) is 10.9. The minimum absolute atomic E-state index is 0.0731. The van der Waals surface area contributed by atoms with Crippen molar-refractivity contribution in [2.45, 2.75) is 97.2 Å². The first-order valence-electron chi connectivity index (χ1n) is 11.4. The van der Waals surface area contributed by atoms with Crippen LogP contribution in [0.2, 0.25) is 0 Å². The zero-order valence-corrected chi connectivity index (χ0v) is 20.9. The van der Waals surface area contributed by atoms with E-state index in [2.05, 4.69) is 5.32 Å². The first kappa shape index (κ1) is 25.7. The summed E-state index contributed by atoms with van der Waals surface area (Å²) in [5.41, 5.74) is 0.431. The van der Waals surface area contributed by atoms with Crippen LogP contribution in [-0.4, -0.2) is 53.6 Å². The van der Waals surface area contributed by atoms with Gasteiger partial charge < -0.3 is 29.0 Å². The number of carbonyl (C=O) groups is 2. The number of amides is 1. The molecule has 0 radical (unpaired) electrons. The first-order valence-corrected chi connectivity index (χ1v) is 11.4. The van der Waals surface area contributed by atoms with E-state index >= 15 is 0 Å². The van der Waals surface area contributed by atoms with Crippen molar-refractivity contribution < 1.29 is 33.3 Å². The van der Waals surface area contributed by atoms with Crippen molar-refractivity contribution in [2.24, 2.45) is 0 Å². The summed E-state index contributed by atoms with van der Waals surface area (Å²) in [5, 5.41) is 11.6. The van der Waals surface area contributed by atoms with Crippen LogP contribution >= 0.6 is 0 Å². The highest BCUT2D eigenvalue weighted by molar-refractivity contribution is 6.66. The van der Waals surface area contributed by atoms with Crippen LogP contribution in [-0.2, 0) is 34.8 Å². The van der Waals surface area contributed by atoms with E-state index in [0.717, 1.165) is 16.5 Å². The topological polar surface area (TPSA) is 103 Å². The highest BCUT2D eigenvalue weighted by atomic mass is 16.7. The third-order valence-electron chi connectivity index (χ3n) is 7.14. The fourth-order valence-electron chi connectivity index (χ4n) is 3.59. The largest absolute Gasteiger partial charge is 0.494 e. The highest BCUT2D eigenvalue weighted by Crippen LogP contribution is 2.38. The summed E-state index contributed by atoms with van der Waals surface area (Å²) >= 11 is 0. The predicted molar refractivity (Wildman–Crippen MR) is 127 cm³/mol. The van der Waals surface area contributed by atoms with Crippen molar-refractivity contribution in [3.8, 4) is 0 Å². The molecule has 0 spiro atoms. The quantitative estimate of drug-likeness (QED) is 0.600. The molecule has 0 atom stereocenters. The molecule has 0 aliphatic carbocycles. The van der Waals surface area contributed by atoms with Crippen molar-refractivity contribution in [1.82, 2.24) is 5.32 Å². The Kier molecular flexibility index (Phi) is 6.81. The molecule has 2 saturated heterocycles. The van der Waals surface area contributed by atoms with Crippen LogP contribution in [0.3, 0.4) is 0 Å². The lowest BCUT2D eigenvalue weighted by Gasteiger charge is -2.32. The molecule has 33 heavy (non-hydrogen) atoms. The monoisotopic (exact) mass is 459 g/mol. The van der Waals surface area contributed by atoms with Gasteiger partial charge in [-0.2, -0.15) is 0 Å². The number of hydrogen-bond acceptors (Lipinski definition) is 6. The minimum Gasteiger partial charge on any atom is -0.481 e. The Morgan fingerprint density at radius 1 is 0.758 bits per heavy atom. The molecule has 8 nitrogen and oxygen atoms in total. The van der Waals surface area contributed by atoms with Crippen molar-refractivity contribution >= 4 is 37.0 Å². The van der Waals surface area contributed by atoms with Gasteiger partial charge in [0, 0.05) is 13.0 Å². The van der Waals surface area contributed by atoms with Gasteiger partial charge in [0.25, 0.3) is 0 Å². The highest BCUT2D eigenvalue weighted by Gasteiger charge is 2.54. The molecule has 2 aliphatic heterocycles. The number of carboxylic acid groups (broad SMARTS) is 1. The standard InChI is InChI=1S/C23H35B2NO7/c1-20(2)21(3,4)31-24(30-20)16-11-15(14-26-18(27)9-10-19(28)29)12-17(13-16)25-32-22(5,6)23(7,8)33-25/h11-13H,9-10,14H2,1-8H3,(H,26,27)(H,28,29). The molecule has 1 amide bonds. The molecule has 0 aromatic heterocycles. The van der Waals surface area contributed by atoms with E-state index in [1.165, 1.54) is 0 Å². The lowest BCUT2D eigenvalue weighted by atomic mass is 9.71. The van der Waals surface area contributed by atoms with Crippen molar-refractivity contribution in [3.05, 3.63) is 23.8 Å². The summed E-state index contributed by atoms with van der Waals surface area (Å²) in [6.45, 7) is 16.2.